The number of nitrogens with zero attached hydrogens (tertiary/aromatic N) is 1. The third-order valence-electron chi connectivity index (χ3n) is 4.70. The number of halogens is 4. The number of pyridine rings is 1. The SMILES string of the molecule is O=C(OCc1cccc(C(F)(F)F)c1)c1cc(-c2ccc(F)cc2)nc2ccccc12. The van der Waals surface area contributed by atoms with Crippen molar-refractivity contribution >= 4 is 16.9 Å². The summed E-state index contributed by atoms with van der Waals surface area (Å²) in [6.45, 7) is -0.314. The van der Waals surface area contributed by atoms with Crippen LogP contribution in [0.2, 0.25) is 0 Å². The van der Waals surface area contributed by atoms with Gasteiger partial charge in [-0.05, 0) is 54.1 Å². The highest BCUT2D eigenvalue weighted by atomic mass is 19.4. The molecule has 0 N–H and O–H groups in total. The minimum absolute atomic E-state index is 0.219. The van der Waals surface area contributed by atoms with E-state index in [0.29, 0.717) is 22.2 Å². The molecule has 1 aromatic heterocycles. The third-order valence-corrected chi connectivity index (χ3v) is 4.70. The zero-order valence-electron chi connectivity index (χ0n) is 16.0. The van der Waals surface area contributed by atoms with Gasteiger partial charge in [0.15, 0.2) is 0 Å². The summed E-state index contributed by atoms with van der Waals surface area (Å²) >= 11 is 0. The lowest BCUT2D eigenvalue weighted by Gasteiger charge is -2.11. The molecule has 0 aliphatic carbocycles. The Labute approximate surface area is 174 Å². The Bertz CT molecular complexity index is 1250. The van der Waals surface area contributed by atoms with Crippen LogP contribution in [0.4, 0.5) is 17.6 Å². The van der Waals surface area contributed by atoms with E-state index < -0.39 is 23.5 Å². The van der Waals surface area contributed by atoms with Crippen molar-refractivity contribution in [3.63, 3.8) is 0 Å². The molecule has 0 radical (unpaired) electrons. The second-order valence-corrected chi connectivity index (χ2v) is 6.85. The fourth-order valence-corrected chi connectivity index (χ4v) is 3.18. The second-order valence-electron chi connectivity index (χ2n) is 6.85. The summed E-state index contributed by atoms with van der Waals surface area (Å²) in [6, 6.07) is 18.8. The van der Waals surface area contributed by atoms with Crippen LogP contribution in [0.5, 0.6) is 0 Å². The molecular formula is C24H15F4NO2. The minimum Gasteiger partial charge on any atom is -0.457 e. The predicted octanol–water partition coefficient (Wildman–Crippen LogP) is 6.42. The second kappa shape index (κ2) is 8.18. The van der Waals surface area contributed by atoms with Crippen LogP contribution in [-0.4, -0.2) is 11.0 Å². The van der Waals surface area contributed by atoms with Crippen LogP contribution in [-0.2, 0) is 17.5 Å². The van der Waals surface area contributed by atoms with Gasteiger partial charge < -0.3 is 4.74 Å². The van der Waals surface area contributed by atoms with Crippen molar-refractivity contribution in [2.45, 2.75) is 12.8 Å². The summed E-state index contributed by atoms with van der Waals surface area (Å²) in [7, 11) is 0. The number of carbonyl (C=O) groups excluding carboxylic acids is 1. The number of para-hydroxylation sites is 1. The first-order valence-corrected chi connectivity index (χ1v) is 9.30. The van der Waals surface area contributed by atoms with Crippen LogP contribution in [0, 0.1) is 5.82 Å². The molecular weight excluding hydrogens is 410 g/mol. The molecule has 0 atom stereocenters. The van der Waals surface area contributed by atoms with E-state index in [4.69, 9.17) is 4.74 Å². The van der Waals surface area contributed by atoms with E-state index in [9.17, 15) is 22.4 Å². The quantitative estimate of drug-likeness (QED) is 0.280. The molecule has 156 valence electrons. The van der Waals surface area contributed by atoms with Crippen LogP contribution in [0.25, 0.3) is 22.2 Å². The van der Waals surface area contributed by atoms with E-state index in [1.54, 1.807) is 36.4 Å². The van der Waals surface area contributed by atoms with Crippen LogP contribution < -0.4 is 0 Å². The Hall–Kier alpha value is -3.74. The van der Waals surface area contributed by atoms with Gasteiger partial charge in [0, 0.05) is 10.9 Å². The first-order chi connectivity index (χ1) is 14.8. The average Bonchev–Trinajstić information content (AvgIpc) is 2.77. The predicted molar refractivity (Wildman–Crippen MR) is 108 cm³/mol. The largest absolute Gasteiger partial charge is 0.457 e. The van der Waals surface area contributed by atoms with Gasteiger partial charge in [0.05, 0.1) is 22.3 Å². The number of rotatable bonds is 4. The van der Waals surface area contributed by atoms with Crippen LogP contribution in [0.1, 0.15) is 21.5 Å². The summed E-state index contributed by atoms with van der Waals surface area (Å²) in [6.07, 6.45) is -4.48. The van der Waals surface area contributed by atoms with Crippen molar-refractivity contribution in [3.8, 4) is 11.3 Å². The highest BCUT2D eigenvalue weighted by Crippen LogP contribution is 2.30. The first-order valence-electron chi connectivity index (χ1n) is 9.30. The summed E-state index contributed by atoms with van der Waals surface area (Å²) in [5.74, 6) is -1.09. The topological polar surface area (TPSA) is 39.2 Å². The zero-order chi connectivity index (χ0) is 22.0. The van der Waals surface area contributed by atoms with Crippen LogP contribution >= 0.6 is 0 Å². The molecule has 31 heavy (non-hydrogen) atoms. The maximum absolute atomic E-state index is 13.3. The Kier molecular flexibility index (Phi) is 5.42. The number of carbonyl (C=O) groups is 1. The molecule has 4 rings (SSSR count). The van der Waals surface area contributed by atoms with Crippen LogP contribution in [0.15, 0.2) is 78.9 Å². The van der Waals surface area contributed by atoms with Gasteiger partial charge in [0.2, 0.25) is 0 Å². The van der Waals surface area contributed by atoms with Crippen molar-refractivity contribution in [2.24, 2.45) is 0 Å². The van der Waals surface area contributed by atoms with E-state index in [0.717, 1.165) is 12.1 Å². The van der Waals surface area contributed by atoms with Gasteiger partial charge in [-0.2, -0.15) is 13.2 Å². The van der Waals surface area contributed by atoms with Crippen molar-refractivity contribution in [3.05, 3.63) is 101 Å². The van der Waals surface area contributed by atoms with Crippen molar-refractivity contribution in [1.82, 2.24) is 4.98 Å². The minimum atomic E-state index is -4.48. The average molecular weight is 425 g/mol. The highest BCUT2D eigenvalue weighted by molar-refractivity contribution is 6.04. The van der Waals surface area contributed by atoms with Gasteiger partial charge in [-0.25, -0.2) is 14.2 Å². The van der Waals surface area contributed by atoms with Crippen LogP contribution in [0.3, 0.4) is 0 Å². The molecule has 0 aliphatic heterocycles. The Morgan fingerprint density at radius 2 is 1.65 bits per heavy atom. The molecule has 3 nitrogen and oxygen atoms in total. The van der Waals surface area contributed by atoms with E-state index in [1.807, 2.05) is 0 Å². The standard InChI is InChI=1S/C24H15F4NO2/c25-18-10-8-16(9-11-18)22-13-20(19-6-1-2-7-21(19)29-22)23(30)31-14-15-4-3-5-17(12-15)24(26,27)28/h1-13H,14H2. The molecule has 4 aromatic rings. The van der Waals surface area contributed by atoms with Gasteiger partial charge in [-0.1, -0.05) is 30.3 Å². The van der Waals surface area contributed by atoms with E-state index in [-0.39, 0.29) is 17.7 Å². The zero-order valence-corrected chi connectivity index (χ0v) is 16.0. The molecule has 3 aromatic carbocycles. The summed E-state index contributed by atoms with van der Waals surface area (Å²) in [5.41, 5.74) is 1.23. The van der Waals surface area contributed by atoms with Gasteiger partial charge in [0.25, 0.3) is 0 Å². The lowest BCUT2D eigenvalue weighted by atomic mass is 10.0. The van der Waals surface area contributed by atoms with Gasteiger partial charge in [0.1, 0.15) is 12.4 Å². The van der Waals surface area contributed by atoms with E-state index in [1.165, 1.54) is 30.3 Å². The lowest BCUT2D eigenvalue weighted by molar-refractivity contribution is -0.137. The summed E-state index contributed by atoms with van der Waals surface area (Å²) in [4.78, 5) is 17.3. The number of esters is 1. The monoisotopic (exact) mass is 425 g/mol. The van der Waals surface area contributed by atoms with Crippen molar-refractivity contribution < 1.29 is 27.1 Å². The molecule has 0 aliphatic rings. The molecule has 0 saturated heterocycles. The van der Waals surface area contributed by atoms with Gasteiger partial charge in [-0.3, -0.25) is 0 Å². The smallest absolute Gasteiger partial charge is 0.416 e. The number of ether oxygens (including phenoxy) is 1. The third kappa shape index (κ3) is 4.55. The van der Waals surface area contributed by atoms with Crippen molar-refractivity contribution in [1.29, 1.82) is 0 Å². The van der Waals surface area contributed by atoms with Gasteiger partial charge in [-0.15, -0.1) is 0 Å². The Morgan fingerprint density at radius 3 is 2.39 bits per heavy atom. The Morgan fingerprint density at radius 1 is 0.903 bits per heavy atom. The molecule has 0 bridgehead atoms. The number of fused-ring (bicyclic) bond motifs is 1. The normalized spacial score (nSPS) is 11.5. The molecule has 0 spiro atoms. The number of aromatic nitrogens is 1. The molecule has 0 fully saturated rings. The first kappa shape index (κ1) is 20.5. The highest BCUT2D eigenvalue weighted by Gasteiger charge is 2.30. The summed E-state index contributed by atoms with van der Waals surface area (Å²) < 4.78 is 57.3. The van der Waals surface area contributed by atoms with E-state index in [2.05, 4.69) is 4.98 Å². The molecule has 1 heterocycles. The molecule has 7 heteroatoms. The number of alkyl halides is 3. The maximum Gasteiger partial charge on any atom is 0.416 e. The maximum atomic E-state index is 13.3. The fourth-order valence-electron chi connectivity index (χ4n) is 3.18. The molecule has 0 amide bonds. The number of hydrogen-bond acceptors (Lipinski definition) is 3. The summed E-state index contributed by atoms with van der Waals surface area (Å²) in [5, 5.41) is 0.544. The lowest BCUT2D eigenvalue weighted by Crippen LogP contribution is -2.09. The van der Waals surface area contributed by atoms with Crippen molar-refractivity contribution in [2.75, 3.05) is 0 Å². The number of hydrogen-bond donors (Lipinski definition) is 0. The molecule has 0 saturated carbocycles. The Balaban J connectivity index is 1.65. The number of benzene rings is 3. The fraction of sp³-hybridized carbons (Fsp3) is 0.0833. The van der Waals surface area contributed by atoms with E-state index >= 15 is 0 Å². The molecule has 0 unspecified atom stereocenters. The van der Waals surface area contributed by atoms with Gasteiger partial charge >= 0.3 is 12.1 Å².